The van der Waals surface area contributed by atoms with Gasteiger partial charge in [0.1, 0.15) is 0 Å². The van der Waals surface area contributed by atoms with Gasteiger partial charge in [0.25, 0.3) is 0 Å². The number of nitrogens with zero attached hydrogens (tertiary/aromatic N) is 1. The summed E-state index contributed by atoms with van der Waals surface area (Å²) < 4.78 is 0. The first kappa shape index (κ1) is 15.7. The first-order valence-corrected chi connectivity index (χ1v) is 7.70. The van der Waals surface area contributed by atoms with E-state index in [9.17, 15) is 0 Å². The van der Waals surface area contributed by atoms with Crippen LogP contribution in [0.5, 0.6) is 0 Å². The highest BCUT2D eigenvalue weighted by molar-refractivity contribution is 5.27. The van der Waals surface area contributed by atoms with E-state index >= 15 is 0 Å². The van der Waals surface area contributed by atoms with Crippen molar-refractivity contribution in [3.8, 4) is 0 Å². The number of hydrogen-bond acceptors (Lipinski definition) is 2. The minimum atomic E-state index is 0.415. The molecule has 0 amide bonds. The largest absolute Gasteiger partial charge is 0.306 e. The topological polar surface area (TPSA) is 15.3 Å². The van der Waals surface area contributed by atoms with Crippen molar-refractivity contribution >= 4 is 0 Å². The van der Waals surface area contributed by atoms with Crippen molar-refractivity contribution in [2.24, 2.45) is 0 Å². The molecular weight excluding hydrogens is 256 g/mol. The van der Waals surface area contributed by atoms with E-state index in [0.29, 0.717) is 6.04 Å². The third-order valence-corrected chi connectivity index (χ3v) is 3.75. The van der Waals surface area contributed by atoms with Crippen LogP contribution in [0.3, 0.4) is 0 Å². The molecule has 2 nitrogen and oxygen atoms in total. The van der Waals surface area contributed by atoms with Gasteiger partial charge >= 0.3 is 0 Å². The fraction of sp³-hybridized carbons (Fsp3) is 0.368. The lowest BCUT2D eigenvalue weighted by Crippen LogP contribution is -2.22. The van der Waals surface area contributed by atoms with Gasteiger partial charge in [0.2, 0.25) is 0 Å². The van der Waals surface area contributed by atoms with Gasteiger partial charge in [0.05, 0.1) is 0 Å². The van der Waals surface area contributed by atoms with Crippen molar-refractivity contribution in [3.05, 3.63) is 71.3 Å². The third-order valence-electron chi connectivity index (χ3n) is 3.75. The summed E-state index contributed by atoms with van der Waals surface area (Å²) in [5.74, 6) is 0. The highest BCUT2D eigenvalue weighted by Gasteiger charge is 2.09. The fourth-order valence-corrected chi connectivity index (χ4v) is 2.64. The van der Waals surface area contributed by atoms with Gasteiger partial charge in [-0.3, -0.25) is 0 Å². The number of nitrogens with one attached hydrogen (secondary N) is 1. The summed E-state index contributed by atoms with van der Waals surface area (Å²) >= 11 is 0. The molecule has 0 saturated heterocycles. The van der Waals surface area contributed by atoms with E-state index in [1.807, 2.05) is 0 Å². The molecule has 2 rings (SSSR count). The lowest BCUT2D eigenvalue weighted by Gasteiger charge is -2.20. The lowest BCUT2D eigenvalue weighted by atomic mass is 10.0. The molecule has 1 unspecified atom stereocenters. The second-order valence-corrected chi connectivity index (χ2v) is 5.76. The van der Waals surface area contributed by atoms with E-state index < -0.39 is 0 Å². The Hall–Kier alpha value is -1.64. The van der Waals surface area contributed by atoms with Crippen molar-refractivity contribution in [2.45, 2.75) is 32.5 Å². The van der Waals surface area contributed by atoms with Crippen LogP contribution in [0.15, 0.2) is 54.6 Å². The molecule has 0 fully saturated rings. The molecule has 0 bridgehead atoms. The lowest BCUT2D eigenvalue weighted by molar-refractivity contribution is 0.399. The van der Waals surface area contributed by atoms with E-state index in [1.54, 1.807) is 0 Å². The van der Waals surface area contributed by atoms with E-state index in [4.69, 9.17) is 0 Å². The summed E-state index contributed by atoms with van der Waals surface area (Å²) in [6.45, 7) is 4.13. The second kappa shape index (κ2) is 7.96. The zero-order valence-electron chi connectivity index (χ0n) is 13.3. The predicted octanol–water partition coefficient (Wildman–Crippen LogP) is 3.99. The van der Waals surface area contributed by atoms with Crippen LogP contribution in [0.4, 0.5) is 0 Å². The maximum atomic E-state index is 3.70. The summed E-state index contributed by atoms with van der Waals surface area (Å²) in [6, 6.07) is 19.8. The minimum Gasteiger partial charge on any atom is -0.306 e. The molecule has 2 aromatic carbocycles. The van der Waals surface area contributed by atoms with Gasteiger partial charge in [0.15, 0.2) is 0 Å². The van der Waals surface area contributed by atoms with E-state index in [0.717, 1.165) is 19.5 Å². The van der Waals surface area contributed by atoms with Crippen molar-refractivity contribution in [1.29, 1.82) is 0 Å². The quantitative estimate of drug-likeness (QED) is 0.826. The Balaban J connectivity index is 2.05. The number of hydrogen-bond donors (Lipinski definition) is 1. The molecule has 112 valence electrons. The van der Waals surface area contributed by atoms with Crippen LogP contribution < -0.4 is 5.32 Å². The normalized spacial score (nSPS) is 12.6. The fourth-order valence-electron chi connectivity index (χ4n) is 2.64. The molecule has 2 aromatic rings. The molecular formula is C19H26N2. The Labute approximate surface area is 128 Å². The van der Waals surface area contributed by atoms with E-state index in [1.165, 1.54) is 16.7 Å². The molecule has 0 aliphatic carbocycles. The molecule has 0 spiro atoms. The van der Waals surface area contributed by atoms with Gasteiger partial charge in [-0.15, -0.1) is 0 Å². The Kier molecular flexibility index (Phi) is 5.97. The molecule has 1 atom stereocenters. The van der Waals surface area contributed by atoms with Gasteiger partial charge < -0.3 is 10.2 Å². The first-order chi connectivity index (χ1) is 10.2. The van der Waals surface area contributed by atoms with E-state index in [-0.39, 0.29) is 0 Å². The number of rotatable bonds is 7. The van der Waals surface area contributed by atoms with Crippen LogP contribution in [0.1, 0.15) is 36.1 Å². The maximum Gasteiger partial charge on any atom is 0.0320 e. The molecule has 0 aliphatic heterocycles. The molecule has 21 heavy (non-hydrogen) atoms. The molecule has 0 heterocycles. The maximum absolute atomic E-state index is 3.70. The van der Waals surface area contributed by atoms with Gasteiger partial charge in [-0.1, -0.05) is 61.5 Å². The standard InChI is InChI=1S/C19H26N2/c1-4-19(16-10-6-5-7-11-16)20-14-17-12-8-9-13-18(17)15-21(2)3/h5-13,19-20H,4,14-15H2,1-3H3. The van der Waals surface area contributed by atoms with Crippen molar-refractivity contribution < 1.29 is 0 Å². The smallest absolute Gasteiger partial charge is 0.0320 e. The minimum absolute atomic E-state index is 0.415. The van der Waals surface area contributed by atoms with E-state index in [2.05, 4.69) is 85.8 Å². The van der Waals surface area contributed by atoms with Crippen molar-refractivity contribution in [2.75, 3.05) is 14.1 Å². The van der Waals surface area contributed by atoms with Crippen LogP contribution in [0.25, 0.3) is 0 Å². The molecule has 0 aromatic heterocycles. The van der Waals surface area contributed by atoms with Crippen molar-refractivity contribution in [3.63, 3.8) is 0 Å². The third kappa shape index (κ3) is 4.69. The zero-order valence-corrected chi connectivity index (χ0v) is 13.3. The van der Waals surface area contributed by atoms with Crippen LogP contribution in [-0.2, 0) is 13.1 Å². The molecule has 0 radical (unpaired) electrons. The Morgan fingerprint density at radius 3 is 2.14 bits per heavy atom. The summed E-state index contributed by atoms with van der Waals surface area (Å²) in [4.78, 5) is 2.22. The monoisotopic (exact) mass is 282 g/mol. The average molecular weight is 282 g/mol. The van der Waals surface area contributed by atoms with Gasteiger partial charge in [0, 0.05) is 19.1 Å². The van der Waals surface area contributed by atoms with Gasteiger partial charge in [-0.2, -0.15) is 0 Å². The first-order valence-electron chi connectivity index (χ1n) is 7.70. The SMILES string of the molecule is CCC(NCc1ccccc1CN(C)C)c1ccccc1. The summed E-state index contributed by atoms with van der Waals surface area (Å²) in [7, 11) is 4.23. The summed E-state index contributed by atoms with van der Waals surface area (Å²) in [5, 5.41) is 3.70. The Morgan fingerprint density at radius 2 is 1.52 bits per heavy atom. The van der Waals surface area contributed by atoms with Gasteiger partial charge in [-0.05, 0) is 37.2 Å². The molecule has 0 saturated carbocycles. The van der Waals surface area contributed by atoms with Gasteiger partial charge in [-0.25, -0.2) is 0 Å². The van der Waals surface area contributed by atoms with Crippen molar-refractivity contribution in [1.82, 2.24) is 10.2 Å². The highest BCUT2D eigenvalue weighted by Crippen LogP contribution is 2.18. The van der Waals surface area contributed by atoms with Crippen LogP contribution >= 0.6 is 0 Å². The zero-order chi connectivity index (χ0) is 15.1. The van der Waals surface area contributed by atoms with Crippen LogP contribution in [0.2, 0.25) is 0 Å². The summed E-state index contributed by atoms with van der Waals surface area (Å²) in [6.07, 6.45) is 1.10. The molecule has 1 N–H and O–H groups in total. The Bertz CT molecular complexity index is 534. The predicted molar refractivity (Wildman–Crippen MR) is 90.1 cm³/mol. The molecule has 0 aliphatic rings. The summed E-state index contributed by atoms with van der Waals surface area (Å²) in [5.41, 5.74) is 4.16. The Morgan fingerprint density at radius 1 is 0.905 bits per heavy atom. The highest BCUT2D eigenvalue weighted by atomic mass is 15.0. The molecule has 2 heteroatoms. The average Bonchev–Trinajstić information content (AvgIpc) is 2.50. The van der Waals surface area contributed by atoms with Crippen LogP contribution in [0, 0.1) is 0 Å². The van der Waals surface area contributed by atoms with Crippen LogP contribution in [-0.4, -0.2) is 19.0 Å². The second-order valence-electron chi connectivity index (χ2n) is 5.76. The number of benzene rings is 2.